The van der Waals surface area contributed by atoms with Gasteiger partial charge in [0.2, 0.25) is 0 Å². The van der Waals surface area contributed by atoms with E-state index < -0.39 is 0 Å². The van der Waals surface area contributed by atoms with Gasteiger partial charge in [-0.15, -0.1) is 0 Å². The second-order valence-corrected chi connectivity index (χ2v) is 4.25. The monoisotopic (exact) mass is 281 g/mol. The molecule has 0 unspecified atom stereocenters. The van der Waals surface area contributed by atoms with Gasteiger partial charge in [-0.1, -0.05) is 12.2 Å². The molecule has 0 fully saturated rings. The van der Waals surface area contributed by atoms with Gasteiger partial charge in [-0.05, 0) is 34.1 Å². The average molecular weight is 282 g/mol. The van der Waals surface area contributed by atoms with Crippen LogP contribution in [0.3, 0.4) is 0 Å². The van der Waals surface area contributed by atoms with Gasteiger partial charge in [0.25, 0.3) is 0 Å². The van der Waals surface area contributed by atoms with E-state index in [0.717, 1.165) is 15.9 Å². The molecule has 2 heterocycles. The van der Waals surface area contributed by atoms with Crippen LogP contribution in [0.15, 0.2) is 41.3 Å². The van der Waals surface area contributed by atoms with Crippen LogP contribution in [-0.2, 0) is 0 Å². The van der Waals surface area contributed by atoms with Gasteiger partial charge in [0.05, 0.1) is 15.9 Å². The molecule has 2 N–H and O–H groups in total. The van der Waals surface area contributed by atoms with Crippen molar-refractivity contribution in [1.29, 1.82) is 0 Å². The molecular formula is C10H8BrN3S. The van der Waals surface area contributed by atoms with E-state index in [1.807, 2.05) is 29.0 Å². The number of rotatable bonds is 2. The largest absolute Gasteiger partial charge is 0.388 e. The first kappa shape index (κ1) is 10.3. The minimum Gasteiger partial charge on any atom is -0.388 e. The molecule has 2 aromatic heterocycles. The first-order valence-corrected chi connectivity index (χ1v) is 5.47. The van der Waals surface area contributed by atoms with Gasteiger partial charge in [-0.2, -0.15) is 0 Å². The van der Waals surface area contributed by atoms with Crippen LogP contribution < -0.4 is 5.73 Å². The first-order chi connectivity index (χ1) is 7.20. The van der Waals surface area contributed by atoms with Gasteiger partial charge in [0, 0.05) is 18.6 Å². The minimum atomic E-state index is 0.378. The van der Waals surface area contributed by atoms with Gasteiger partial charge in [0.15, 0.2) is 0 Å². The molecule has 0 radical (unpaired) electrons. The average Bonchev–Trinajstić information content (AvgIpc) is 2.67. The fourth-order valence-corrected chi connectivity index (χ4v) is 1.96. The Bertz CT molecular complexity index is 507. The molecule has 0 spiro atoms. The molecule has 0 aromatic carbocycles. The topological polar surface area (TPSA) is 43.8 Å². The number of aromatic nitrogens is 2. The zero-order valence-corrected chi connectivity index (χ0v) is 10.1. The van der Waals surface area contributed by atoms with E-state index in [9.17, 15) is 0 Å². The van der Waals surface area contributed by atoms with Crippen LogP contribution in [0.5, 0.6) is 0 Å². The number of hydrogen-bond acceptors (Lipinski definition) is 2. The number of nitrogens with zero attached hydrogens (tertiary/aromatic N) is 2. The summed E-state index contributed by atoms with van der Waals surface area (Å²) in [6.07, 6.45) is 5.37. The van der Waals surface area contributed by atoms with E-state index in [2.05, 4.69) is 20.9 Å². The maximum Gasteiger partial charge on any atom is 0.121 e. The second kappa shape index (κ2) is 4.12. The molecule has 15 heavy (non-hydrogen) atoms. The predicted octanol–water partition coefficient (Wildman–Crippen LogP) is 2.27. The Labute approximate surface area is 101 Å². The van der Waals surface area contributed by atoms with E-state index in [0.29, 0.717) is 4.99 Å². The molecule has 3 nitrogen and oxygen atoms in total. The molecular weight excluding hydrogens is 274 g/mol. The molecule has 0 aliphatic carbocycles. The summed E-state index contributed by atoms with van der Waals surface area (Å²) in [4.78, 5) is 4.38. The van der Waals surface area contributed by atoms with E-state index >= 15 is 0 Å². The molecule has 5 heteroatoms. The molecule has 0 aliphatic heterocycles. The van der Waals surface area contributed by atoms with Gasteiger partial charge in [-0.25, -0.2) is 0 Å². The molecule has 0 bridgehead atoms. The summed E-state index contributed by atoms with van der Waals surface area (Å²) in [5, 5.41) is 0. The number of thiocarbonyl (C=S) groups is 1. The highest BCUT2D eigenvalue weighted by Crippen LogP contribution is 2.21. The van der Waals surface area contributed by atoms with Crippen LogP contribution in [0.25, 0.3) is 5.69 Å². The standard InChI is InChI=1S/C10H8BrN3S/c11-7-6-13-4-3-8(7)14-5-1-2-9(14)10(12)15/h1-6H,(H2,12,15). The number of hydrogen-bond donors (Lipinski definition) is 1. The Hall–Kier alpha value is -1.20. The van der Waals surface area contributed by atoms with Gasteiger partial charge in [0.1, 0.15) is 4.99 Å². The lowest BCUT2D eigenvalue weighted by atomic mass is 10.3. The quantitative estimate of drug-likeness (QED) is 0.859. The number of halogens is 1. The van der Waals surface area contributed by atoms with Crippen molar-refractivity contribution < 1.29 is 0 Å². The molecule has 0 saturated heterocycles. The molecule has 0 aliphatic rings. The van der Waals surface area contributed by atoms with Crippen LogP contribution in [0.2, 0.25) is 0 Å². The highest BCUT2D eigenvalue weighted by molar-refractivity contribution is 9.10. The van der Waals surface area contributed by atoms with Crippen molar-refractivity contribution in [2.45, 2.75) is 0 Å². The van der Waals surface area contributed by atoms with Gasteiger partial charge >= 0.3 is 0 Å². The van der Waals surface area contributed by atoms with Crippen molar-refractivity contribution in [3.8, 4) is 5.69 Å². The number of nitrogens with two attached hydrogens (primary N) is 1. The molecule has 76 valence electrons. The summed E-state index contributed by atoms with van der Waals surface area (Å²) < 4.78 is 2.83. The van der Waals surface area contributed by atoms with E-state index in [-0.39, 0.29) is 0 Å². The van der Waals surface area contributed by atoms with Crippen molar-refractivity contribution in [3.63, 3.8) is 0 Å². The van der Waals surface area contributed by atoms with Crippen molar-refractivity contribution in [2.24, 2.45) is 5.73 Å². The van der Waals surface area contributed by atoms with Crippen LogP contribution in [0.4, 0.5) is 0 Å². The highest BCUT2D eigenvalue weighted by Gasteiger charge is 2.07. The molecule has 2 aromatic rings. The molecule has 2 rings (SSSR count). The van der Waals surface area contributed by atoms with E-state index in [1.54, 1.807) is 12.4 Å². The zero-order chi connectivity index (χ0) is 10.8. The smallest absolute Gasteiger partial charge is 0.121 e. The van der Waals surface area contributed by atoms with Crippen LogP contribution in [0.1, 0.15) is 5.69 Å². The minimum absolute atomic E-state index is 0.378. The third-order valence-electron chi connectivity index (χ3n) is 2.01. The molecule has 0 atom stereocenters. The van der Waals surface area contributed by atoms with Gasteiger partial charge < -0.3 is 10.3 Å². The fourth-order valence-electron chi connectivity index (χ4n) is 1.35. The first-order valence-electron chi connectivity index (χ1n) is 4.27. The van der Waals surface area contributed by atoms with Gasteiger partial charge in [-0.3, -0.25) is 4.98 Å². The summed E-state index contributed by atoms with van der Waals surface area (Å²) in [6.45, 7) is 0. The Morgan fingerprint density at radius 2 is 2.27 bits per heavy atom. The van der Waals surface area contributed by atoms with E-state index in [4.69, 9.17) is 18.0 Å². The van der Waals surface area contributed by atoms with Crippen molar-refractivity contribution in [1.82, 2.24) is 9.55 Å². The van der Waals surface area contributed by atoms with E-state index in [1.165, 1.54) is 0 Å². The maximum absolute atomic E-state index is 5.63. The Morgan fingerprint density at radius 1 is 1.47 bits per heavy atom. The lowest BCUT2D eigenvalue weighted by molar-refractivity contribution is 1.04. The summed E-state index contributed by atoms with van der Waals surface area (Å²) in [7, 11) is 0. The fraction of sp³-hybridized carbons (Fsp3) is 0. The summed E-state index contributed by atoms with van der Waals surface area (Å²) in [5.74, 6) is 0. The summed E-state index contributed by atoms with van der Waals surface area (Å²) >= 11 is 8.41. The van der Waals surface area contributed by atoms with Crippen molar-refractivity contribution in [3.05, 3.63) is 47.0 Å². The van der Waals surface area contributed by atoms with Crippen LogP contribution in [-0.4, -0.2) is 14.5 Å². The van der Waals surface area contributed by atoms with Crippen molar-refractivity contribution >= 4 is 33.1 Å². The Kier molecular flexibility index (Phi) is 2.83. The second-order valence-electron chi connectivity index (χ2n) is 2.95. The SMILES string of the molecule is NC(=S)c1cccn1-c1ccncc1Br. The summed E-state index contributed by atoms with van der Waals surface area (Å²) in [5.41, 5.74) is 7.41. The van der Waals surface area contributed by atoms with Crippen LogP contribution in [0, 0.1) is 0 Å². The predicted molar refractivity (Wildman–Crippen MR) is 67.2 cm³/mol. The lowest BCUT2D eigenvalue weighted by Crippen LogP contribution is -2.14. The third-order valence-corrected chi connectivity index (χ3v) is 2.83. The lowest BCUT2D eigenvalue weighted by Gasteiger charge is -2.09. The highest BCUT2D eigenvalue weighted by atomic mass is 79.9. The molecule has 0 amide bonds. The van der Waals surface area contributed by atoms with Crippen molar-refractivity contribution in [2.75, 3.05) is 0 Å². The normalized spacial score (nSPS) is 10.2. The van der Waals surface area contributed by atoms with Crippen LogP contribution >= 0.6 is 28.1 Å². The Balaban J connectivity index is 2.59. The molecule has 0 saturated carbocycles. The zero-order valence-electron chi connectivity index (χ0n) is 7.72. The Morgan fingerprint density at radius 3 is 2.93 bits per heavy atom. The summed E-state index contributed by atoms with van der Waals surface area (Å²) in [6, 6.07) is 5.68. The third kappa shape index (κ3) is 1.93. The number of pyridine rings is 1. The maximum atomic E-state index is 5.63.